The highest BCUT2D eigenvalue weighted by Crippen LogP contribution is 2.28. The Kier molecular flexibility index (Phi) is 9.30. The average molecular weight is 465 g/mol. The number of unbranched alkanes of at least 4 members (excludes halogenated alkanes) is 3. The maximum absolute atomic E-state index is 13.0. The Labute approximate surface area is 190 Å². The lowest BCUT2D eigenvalue weighted by Crippen LogP contribution is -2.39. The molecule has 0 bridgehead atoms. The molecule has 1 fully saturated rings. The number of hydrogen-bond acceptors (Lipinski definition) is 5. The lowest BCUT2D eigenvalue weighted by atomic mass is 10.2. The molecular formula is C22H32N4O3S2. The van der Waals surface area contributed by atoms with Gasteiger partial charge in [0.25, 0.3) is 0 Å². The van der Waals surface area contributed by atoms with Gasteiger partial charge in [0, 0.05) is 18.8 Å². The third-order valence-corrected chi connectivity index (χ3v) is 7.71. The van der Waals surface area contributed by atoms with E-state index in [0.29, 0.717) is 23.8 Å². The SMILES string of the molecule is O=S(=O)(CCCCCCNC(=S)Nc1cccnc1)N(Cc1ccco1)C1CCCC1. The number of sulfonamides is 1. The van der Waals surface area contributed by atoms with Crippen LogP contribution in [0.15, 0.2) is 47.3 Å². The summed E-state index contributed by atoms with van der Waals surface area (Å²) in [6, 6.07) is 7.51. The third-order valence-electron chi connectivity index (χ3n) is 5.52. The fourth-order valence-corrected chi connectivity index (χ4v) is 5.91. The Bertz CT molecular complexity index is 883. The fourth-order valence-electron chi connectivity index (χ4n) is 3.90. The van der Waals surface area contributed by atoms with Crippen LogP contribution in [0.3, 0.4) is 0 Å². The molecule has 1 aliphatic carbocycles. The van der Waals surface area contributed by atoms with Crippen molar-refractivity contribution in [2.75, 3.05) is 17.6 Å². The van der Waals surface area contributed by atoms with Gasteiger partial charge in [-0.05, 0) is 62.2 Å². The molecule has 0 amide bonds. The second-order valence-electron chi connectivity index (χ2n) is 7.92. The molecule has 0 atom stereocenters. The quantitative estimate of drug-likeness (QED) is 0.358. The topological polar surface area (TPSA) is 87.5 Å². The average Bonchev–Trinajstić information content (AvgIpc) is 3.46. The number of nitrogens with one attached hydrogen (secondary N) is 2. The van der Waals surface area contributed by atoms with E-state index < -0.39 is 10.0 Å². The number of aromatic nitrogens is 1. The molecular weight excluding hydrogens is 432 g/mol. The fraction of sp³-hybridized carbons (Fsp3) is 0.545. The number of pyridine rings is 1. The molecule has 0 aliphatic heterocycles. The predicted molar refractivity (Wildman–Crippen MR) is 127 cm³/mol. The van der Waals surface area contributed by atoms with Crippen LogP contribution < -0.4 is 10.6 Å². The van der Waals surface area contributed by atoms with Gasteiger partial charge in [-0.3, -0.25) is 4.98 Å². The van der Waals surface area contributed by atoms with Gasteiger partial charge in [0.05, 0.1) is 30.4 Å². The lowest BCUT2D eigenvalue weighted by Gasteiger charge is -2.27. The number of furan rings is 1. The summed E-state index contributed by atoms with van der Waals surface area (Å²) < 4.78 is 33.2. The molecule has 0 radical (unpaired) electrons. The molecule has 0 unspecified atom stereocenters. The summed E-state index contributed by atoms with van der Waals surface area (Å²) >= 11 is 5.27. The minimum atomic E-state index is -3.30. The third kappa shape index (κ3) is 7.90. The lowest BCUT2D eigenvalue weighted by molar-refractivity contribution is 0.291. The molecule has 31 heavy (non-hydrogen) atoms. The van der Waals surface area contributed by atoms with E-state index in [0.717, 1.165) is 57.2 Å². The van der Waals surface area contributed by atoms with E-state index in [1.165, 1.54) is 0 Å². The monoisotopic (exact) mass is 464 g/mol. The van der Waals surface area contributed by atoms with Gasteiger partial charge in [-0.15, -0.1) is 0 Å². The molecule has 1 aliphatic rings. The van der Waals surface area contributed by atoms with E-state index in [-0.39, 0.29) is 11.8 Å². The van der Waals surface area contributed by atoms with E-state index in [9.17, 15) is 8.42 Å². The second kappa shape index (κ2) is 12.2. The van der Waals surface area contributed by atoms with Gasteiger partial charge in [0.15, 0.2) is 5.11 Å². The van der Waals surface area contributed by atoms with Gasteiger partial charge < -0.3 is 15.1 Å². The minimum Gasteiger partial charge on any atom is -0.468 e. The van der Waals surface area contributed by atoms with E-state index in [1.807, 2.05) is 18.2 Å². The second-order valence-corrected chi connectivity index (χ2v) is 10.4. The van der Waals surface area contributed by atoms with Crippen LogP contribution >= 0.6 is 12.2 Å². The van der Waals surface area contributed by atoms with Crippen LogP contribution in [-0.4, -0.2) is 41.2 Å². The highest BCUT2D eigenvalue weighted by Gasteiger charge is 2.32. The highest BCUT2D eigenvalue weighted by atomic mass is 32.2. The van der Waals surface area contributed by atoms with Gasteiger partial charge in [0.1, 0.15) is 5.76 Å². The maximum Gasteiger partial charge on any atom is 0.214 e. The summed E-state index contributed by atoms with van der Waals surface area (Å²) in [6.07, 6.45) is 12.6. The van der Waals surface area contributed by atoms with Crippen molar-refractivity contribution in [1.82, 2.24) is 14.6 Å². The van der Waals surface area contributed by atoms with Gasteiger partial charge in [-0.1, -0.05) is 25.7 Å². The van der Waals surface area contributed by atoms with Crippen molar-refractivity contribution in [3.05, 3.63) is 48.7 Å². The Morgan fingerprint density at radius 1 is 1.16 bits per heavy atom. The van der Waals surface area contributed by atoms with E-state index in [4.69, 9.17) is 16.6 Å². The molecule has 3 rings (SSSR count). The maximum atomic E-state index is 13.0. The van der Waals surface area contributed by atoms with Crippen molar-refractivity contribution in [2.24, 2.45) is 0 Å². The molecule has 0 saturated heterocycles. The molecule has 2 aromatic rings. The van der Waals surface area contributed by atoms with Gasteiger partial charge in [-0.25, -0.2) is 8.42 Å². The normalized spacial score (nSPS) is 14.7. The van der Waals surface area contributed by atoms with E-state index in [1.54, 1.807) is 29.0 Å². The van der Waals surface area contributed by atoms with E-state index in [2.05, 4.69) is 15.6 Å². The highest BCUT2D eigenvalue weighted by molar-refractivity contribution is 7.89. The Balaban J connectivity index is 1.35. The van der Waals surface area contributed by atoms with Crippen LogP contribution in [0.2, 0.25) is 0 Å². The Morgan fingerprint density at radius 2 is 1.97 bits per heavy atom. The zero-order valence-electron chi connectivity index (χ0n) is 17.8. The van der Waals surface area contributed by atoms with Crippen molar-refractivity contribution in [1.29, 1.82) is 0 Å². The summed E-state index contributed by atoms with van der Waals surface area (Å²) in [4.78, 5) is 4.04. The molecule has 2 heterocycles. The van der Waals surface area contributed by atoms with Crippen molar-refractivity contribution in [3.63, 3.8) is 0 Å². The predicted octanol–water partition coefficient (Wildman–Crippen LogP) is 4.30. The van der Waals surface area contributed by atoms with Crippen molar-refractivity contribution in [2.45, 2.75) is 64.0 Å². The molecule has 2 N–H and O–H groups in total. The Morgan fingerprint density at radius 3 is 2.68 bits per heavy atom. The van der Waals surface area contributed by atoms with E-state index >= 15 is 0 Å². The van der Waals surface area contributed by atoms with Gasteiger partial charge in [-0.2, -0.15) is 4.31 Å². The standard InChI is InChI=1S/C22H32N4O3S2/c27-31(28,26(20-10-3-4-11-20)18-21-12-8-15-29-21)16-6-2-1-5-14-24-22(30)25-19-9-7-13-23-17-19/h7-9,12-13,15,17,20H,1-6,10-11,14,16,18H2,(H2,24,25,30). The number of anilines is 1. The largest absolute Gasteiger partial charge is 0.468 e. The summed E-state index contributed by atoms with van der Waals surface area (Å²) in [5, 5.41) is 6.83. The molecule has 1 saturated carbocycles. The van der Waals surface area contributed by atoms with Crippen LogP contribution in [0, 0.1) is 0 Å². The van der Waals surface area contributed by atoms with Crippen molar-refractivity contribution >= 4 is 33.0 Å². The van der Waals surface area contributed by atoms with Crippen LogP contribution in [0.4, 0.5) is 5.69 Å². The van der Waals surface area contributed by atoms with Crippen LogP contribution in [0.1, 0.15) is 57.1 Å². The van der Waals surface area contributed by atoms with Crippen LogP contribution in [0.25, 0.3) is 0 Å². The smallest absolute Gasteiger partial charge is 0.214 e. The first-order valence-corrected chi connectivity index (χ1v) is 13.0. The molecule has 2 aromatic heterocycles. The summed E-state index contributed by atoms with van der Waals surface area (Å²) in [6.45, 7) is 1.09. The van der Waals surface area contributed by atoms with Crippen LogP contribution in [-0.2, 0) is 16.6 Å². The molecule has 9 heteroatoms. The first kappa shape index (κ1) is 23.7. The molecule has 0 spiro atoms. The molecule has 0 aromatic carbocycles. The van der Waals surface area contributed by atoms with Crippen LogP contribution in [0.5, 0.6) is 0 Å². The van der Waals surface area contributed by atoms with Crippen molar-refractivity contribution in [3.8, 4) is 0 Å². The van der Waals surface area contributed by atoms with Gasteiger partial charge in [0.2, 0.25) is 10.0 Å². The summed E-state index contributed by atoms with van der Waals surface area (Å²) in [5.41, 5.74) is 0.853. The first-order valence-electron chi connectivity index (χ1n) is 11.0. The van der Waals surface area contributed by atoms with Gasteiger partial charge >= 0.3 is 0 Å². The zero-order valence-corrected chi connectivity index (χ0v) is 19.5. The van der Waals surface area contributed by atoms with Crippen molar-refractivity contribution < 1.29 is 12.8 Å². The minimum absolute atomic E-state index is 0.104. The Hall–Kier alpha value is -1.97. The first-order chi connectivity index (χ1) is 15.0. The summed E-state index contributed by atoms with van der Waals surface area (Å²) in [7, 11) is -3.30. The molecule has 7 nitrogen and oxygen atoms in total. The number of nitrogens with zero attached hydrogens (tertiary/aromatic N) is 2. The number of thiocarbonyl (C=S) groups is 1. The molecule has 170 valence electrons. The summed E-state index contributed by atoms with van der Waals surface area (Å²) in [5.74, 6) is 0.899. The number of rotatable bonds is 12. The number of hydrogen-bond donors (Lipinski definition) is 2. The zero-order chi connectivity index (χ0) is 21.9.